The summed E-state index contributed by atoms with van der Waals surface area (Å²) < 4.78 is 5.02. The van der Waals surface area contributed by atoms with Crippen LogP contribution in [-0.2, 0) is 9.53 Å². The van der Waals surface area contributed by atoms with Crippen LogP contribution in [0.3, 0.4) is 0 Å². The molecule has 0 fully saturated rings. The summed E-state index contributed by atoms with van der Waals surface area (Å²) in [5.41, 5.74) is 5.24. The second kappa shape index (κ2) is 9.04. The molecular weight excluding hydrogens is 236 g/mol. The molecule has 0 spiro atoms. The van der Waals surface area contributed by atoms with Gasteiger partial charge in [-0.15, -0.1) is 11.8 Å². The number of hydrogen-bond acceptors (Lipinski definition) is 4. The summed E-state index contributed by atoms with van der Waals surface area (Å²) >= 11 is 1.72. The van der Waals surface area contributed by atoms with Gasteiger partial charge in [0, 0.05) is 23.7 Å². The van der Waals surface area contributed by atoms with Crippen LogP contribution in [0.4, 0.5) is 0 Å². The van der Waals surface area contributed by atoms with Crippen molar-refractivity contribution in [2.24, 2.45) is 5.73 Å². The maximum Gasteiger partial charge on any atom is 0.246 e. The molecule has 1 aromatic carbocycles. The summed E-state index contributed by atoms with van der Waals surface area (Å²) in [4.78, 5) is 12.5. The van der Waals surface area contributed by atoms with E-state index in [1.807, 2.05) is 18.2 Å². The van der Waals surface area contributed by atoms with Crippen LogP contribution < -0.4 is 11.1 Å². The average molecular weight is 254 g/mol. The third-order valence-corrected chi connectivity index (χ3v) is 2.95. The SMILES string of the molecule is NCCOCC(=O)NCCSc1ccccc1. The Labute approximate surface area is 106 Å². The molecule has 0 heterocycles. The summed E-state index contributed by atoms with van der Waals surface area (Å²) in [6.07, 6.45) is 0. The van der Waals surface area contributed by atoms with Crippen molar-refractivity contribution in [3.8, 4) is 0 Å². The Bertz CT molecular complexity index is 320. The normalized spacial score (nSPS) is 10.2. The van der Waals surface area contributed by atoms with E-state index in [0.717, 1.165) is 5.75 Å². The van der Waals surface area contributed by atoms with Gasteiger partial charge in [0.1, 0.15) is 6.61 Å². The van der Waals surface area contributed by atoms with Crippen LogP contribution in [0, 0.1) is 0 Å². The summed E-state index contributed by atoms with van der Waals surface area (Å²) in [7, 11) is 0. The van der Waals surface area contributed by atoms with E-state index in [2.05, 4.69) is 17.4 Å². The predicted molar refractivity (Wildman–Crippen MR) is 70.0 cm³/mol. The largest absolute Gasteiger partial charge is 0.370 e. The maximum atomic E-state index is 11.2. The van der Waals surface area contributed by atoms with Gasteiger partial charge in [-0.1, -0.05) is 18.2 Å². The minimum atomic E-state index is -0.0906. The molecule has 0 radical (unpaired) electrons. The van der Waals surface area contributed by atoms with Gasteiger partial charge in [-0.2, -0.15) is 0 Å². The van der Waals surface area contributed by atoms with Crippen molar-refractivity contribution in [3.63, 3.8) is 0 Å². The van der Waals surface area contributed by atoms with E-state index in [0.29, 0.717) is 19.7 Å². The van der Waals surface area contributed by atoms with Gasteiger partial charge in [0.25, 0.3) is 0 Å². The molecule has 0 aliphatic heterocycles. The third kappa shape index (κ3) is 6.99. The van der Waals surface area contributed by atoms with Crippen LogP contribution >= 0.6 is 11.8 Å². The van der Waals surface area contributed by atoms with Gasteiger partial charge >= 0.3 is 0 Å². The molecule has 0 aliphatic carbocycles. The van der Waals surface area contributed by atoms with Crippen molar-refractivity contribution >= 4 is 17.7 Å². The number of amides is 1. The molecule has 0 saturated heterocycles. The highest BCUT2D eigenvalue weighted by molar-refractivity contribution is 7.99. The van der Waals surface area contributed by atoms with Crippen molar-refractivity contribution in [1.82, 2.24) is 5.32 Å². The Morgan fingerprint density at radius 3 is 2.82 bits per heavy atom. The lowest BCUT2D eigenvalue weighted by atomic mass is 10.4. The molecule has 0 unspecified atom stereocenters. The highest BCUT2D eigenvalue weighted by Gasteiger charge is 2.00. The number of nitrogens with two attached hydrogens (primary N) is 1. The van der Waals surface area contributed by atoms with E-state index in [1.165, 1.54) is 4.90 Å². The Kier molecular flexibility index (Phi) is 7.46. The maximum absolute atomic E-state index is 11.2. The summed E-state index contributed by atoms with van der Waals surface area (Å²) in [6.45, 7) is 1.60. The number of hydrogen-bond donors (Lipinski definition) is 2. The lowest BCUT2D eigenvalue weighted by Gasteiger charge is -2.05. The van der Waals surface area contributed by atoms with Crippen molar-refractivity contribution in [2.75, 3.05) is 32.1 Å². The molecule has 17 heavy (non-hydrogen) atoms. The first-order valence-corrected chi connectivity index (χ1v) is 6.54. The first-order chi connectivity index (χ1) is 8.33. The van der Waals surface area contributed by atoms with Crippen molar-refractivity contribution in [2.45, 2.75) is 4.90 Å². The molecule has 0 aliphatic rings. The van der Waals surface area contributed by atoms with E-state index in [4.69, 9.17) is 10.5 Å². The number of thioether (sulfide) groups is 1. The quantitative estimate of drug-likeness (QED) is 0.534. The van der Waals surface area contributed by atoms with Gasteiger partial charge in [-0.05, 0) is 12.1 Å². The lowest BCUT2D eigenvalue weighted by Crippen LogP contribution is -2.30. The van der Waals surface area contributed by atoms with Gasteiger partial charge in [-0.25, -0.2) is 0 Å². The molecule has 1 rings (SSSR count). The fourth-order valence-corrected chi connectivity index (χ4v) is 1.96. The fraction of sp³-hybridized carbons (Fsp3) is 0.417. The van der Waals surface area contributed by atoms with E-state index in [1.54, 1.807) is 11.8 Å². The number of carbonyl (C=O) groups is 1. The topological polar surface area (TPSA) is 64.3 Å². The minimum absolute atomic E-state index is 0.0905. The number of carbonyl (C=O) groups excluding carboxylic acids is 1. The lowest BCUT2D eigenvalue weighted by molar-refractivity contribution is -0.125. The molecule has 0 saturated carbocycles. The monoisotopic (exact) mass is 254 g/mol. The van der Waals surface area contributed by atoms with Crippen LogP contribution in [-0.4, -0.2) is 38.0 Å². The first-order valence-electron chi connectivity index (χ1n) is 5.55. The zero-order valence-electron chi connectivity index (χ0n) is 9.72. The summed E-state index contributed by atoms with van der Waals surface area (Å²) in [5.74, 6) is 0.763. The average Bonchev–Trinajstić information content (AvgIpc) is 2.36. The van der Waals surface area contributed by atoms with Crippen molar-refractivity contribution in [1.29, 1.82) is 0 Å². The second-order valence-corrected chi connectivity index (χ2v) is 4.52. The standard InChI is InChI=1S/C12H18N2O2S/c13-6-8-16-10-12(15)14-7-9-17-11-4-2-1-3-5-11/h1-5H,6-10,13H2,(H,14,15). The molecule has 1 aromatic rings. The van der Waals surface area contributed by atoms with Gasteiger partial charge in [0.2, 0.25) is 5.91 Å². The summed E-state index contributed by atoms with van der Waals surface area (Å²) in [5, 5.41) is 2.79. The Morgan fingerprint density at radius 1 is 1.35 bits per heavy atom. The zero-order chi connectivity index (χ0) is 12.3. The van der Waals surface area contributed by atoms with Gasteiger partial charge in [0.15, 0.2) is 0 Å². The van der Waals surface area contributed by atoms with E-state index in [9.17, 15) is 4.79 Å². The molecule has 4 nitrogen and oxygen atoms in total. The molecule has 0 atom stereocenters. The Balaban J connectivity index is 2.02. The number of ether oxygens (including phenoxy) is 1. The molecule has 3 N–H and O–H groups in total. The second-order valence-electron chi connectivity index (χ2n) is 3.35. The first kappa shape index (κ1) is 14.0. The predicted octanol–water partition coefficient (Wildman–Crippen LogP) is 0.870. The molecule has 5 heteroatoms. The van der Waals surface area contributed by atoms with Gasteiger partial charge in [-0.3, -0.25) is 4.79 Å². The Morgan fingerprint density at radius 2 is 2.12 bits per heavy atom. The highest BCUT2D eigenvalue weighted by Crippen LogP contribution is 2.15. The number of nitrogens with one attached hydrogen (secondary N) is 1. The van der Waals surface area contributed by atoms with Crippen LogP contribution in [0.5, 0.6) is 0 Å². The molecule has 94 valence electrons. The third-order valence-electron chi connectivity index (χ3n) is 1.93. The smallest absolute Gasteiger partial charge is 0.246 e. The van der Waals surface area contributed by atoms with Gasteiger partial charge in [0.05, 0.1) is 6.61 Å². The molecule has 0 bridgehead atoms. The van der Waals surface area contributed by atoms with Crippen LogP contribution in [0.1, 0.15) is 0 Å². The van der Waals surface area contributed by atoms with Crippen molar-refractivity contribution in [3.05, 3.63) is 30.3 Å². The summed E-state index contributed by atoms with van der Waals surface area (Å²) in [6, 6.07) is 10.1. The van der Waals surface area contributed by atoms with Crippen LogP contribution in [0.2, 0.25) is 0 Å². The molecular formula is C12H18N2O2S. The highest BCUT2D eigenvalue weighted by atomic mass is 32.2. The van der Waals surface area contributed by atoms with E-state index >= 15 is 0 Å². The fourth-order valence-electron chi connectivity index (χ4n) is 1.18. The number of benzene rings is 1. The minimum Gasteiger partial charge on any atom is -0.370 e. The van der Waals surface area contributed by atoms with E-state index < -0.39 is 0 Å². The van der Waals surface area contributed by atoms with Crippen LogP contribution in [0.15, 0.2) is 35.2 Å². The number of rotatable bonds is 8. The zero-order valence-corrected chi connectivity index (χ0v) is 10.5. The molecule has 1 amide bonds. The van der Waals surface area contributed by atoms with Crippen LogP contribution in [0.25, 0.3) is 0 Å². The molecule has 0 aromatic heterocycles. The van der Waals surface area contributed by atoms with Crippen molar-refractivity contribution < 1.29 is 9.53 Å². The van der Waals surface area contributed by atoms with Gasteiger partial charge < -0.3 is 15.8 Å². The van der Waals surface area contributed by atoms with E-state index in [-0.39, 0.29) is 12.5 Å². The Hall–Kier alpha value is -1.04.